The van der Waals surface area contributed by atoms with Crippen LogP contribution < -0.4 is 21.1 Å². The van der Waals surface area contributed by atoms with Gasteiger partial charge in [0.2, 0.25) is 5.91 Å². The molecule has 0 aliphatic carbocycles. The lowest BCUT2D eigenvalue weighted by atomic mass is 10.0. The third-order valence-electron chi connectivity index (χ3n) is 4.13. The molecule has 0 radical (unpaired) electrons. The van der Waals surface area contributed by atoms with Gasteiger partial charge < -0.3 is 21.1 Å². The van der Waals surface area contributed by atoms with Crippen LogP contribution in [0.15, 0.2) is 30.6 Å². The Morgan fingerprint density at radius 3 is 2.53 bits per heavy atom. The maximum atomic E-state index is 12.5. The summed E-state index contributed by atoms with van der Waals surface area (Å²) >= 11 is 5.77. The molecule has 0 saturated carbocycles. The molecule has 0 spiro atoms. The summed E-state index contributed by atoms with van der Waals surface area (Å²) < 4.78 is 41.5. The van der Waals surface area contributed by atoms with Crippen LogP contribution >= 0.6 is 11.6 Å². The second-order valence-electron chi connectivity index (χ2n) is 6.61. The van der Waals surface area contributed by atoms with Gasteiger partial charge in [0.1, 0.15) is 5.75 Å². The number of hydrogen-bond acceptors (Lipinski definition) is 6. The zero-order valence-electron chi connectivity index (χ0n) is 17.2. The smallest absolute Gasteiger partial charge is 0.404 e. The molecule has 2 aromatic rings. The molecular weight excluding hydrogens is 451 g/mol. The third-order valence-corrected chi connectivity index (χ3v) is 4.45. The van der Waals surface area contributed by atoms with Crippen molar-refractivity contribution in [2.75, 3.05) is 13.1 Å². The number of carbonyl (C=O) groups excluding carboxylic acids is 2. The average molecular weight is 472 g/mol. The van der Waals surface area contributed by atoms with Gasteiger partial charge in [-0.2, -0.15) is 0 Å². The Morgan fingerprint density at radius 1 is 1.25 bits per heavy atom. The van der Waals surface area contributed by atoms with Gasteiger partial charge in [0.15, 0.2) is 5.82 Å². The van der Waals surface area contributed by atoms with Crippen LogP contribution in [0, 0.1) is 6.92 Å². The van der Waals surface area contributed by atoms with Gasteiger partial charge in [-0.3, -0.25) is 9.59 Å². The highest BCUT2D eigenvalue weighted by atomic mass is 35.5. The van der Waals surface area contributed by atoms with Gasteiger partial charge in [-0.25, -0.2) is 9.97 Å². The highest BCUT2D eigenvalue weighted by molar-refractivity contribution is 6.32. The number of rotatable bonds is 8. The Balaban J connectivity index is 2.13. The molecule has 0 aliphatic heterocycles. The standard InChI is InChI=1S/C20H21ClF3N5O3/c1-11-14(7-13-3-4-16(21)17(8-13)32-20(22,23)24)10-28-18(29-11)15(9-25)19(31)27-6-5-26-12(2)30/h3-4,8-10H,5-7,25H2,1-2H3,(H,26,30)(H,27,31)/b15-9+. The number of nitrogens with one attached hydrogen (secondary N) is 2. The zero-order chi connectivity index (χ0) is 23.9. The fourth-order valence-corrected chi connectivity index (χ4v) is 2.79. The van der Waals surface area contributed by atoms with E-state index in [4.69, 9.17) is 17.3 Å². The Bertz CT molecular complexity index is 1030. The fraction of sp³-hybridized carbons (Fsp3) is 0.300. The lowest BCUT2D eigenvalue weighted by Gasteiger charge is -2.13. The van der Waals surface area contributed by atoms with E-state index in [2.05, 4.69) is 25.3 Å². The Kier molecular flexibility index (Phi) is 8.41. The van der Waals surface area contributed by atoms with Crippen molar-refractivity contribution in [3.05, 3.63) is 58.3 Å². The predicted molar refractivity (Wildman–Crippen MR) is 112 cm³/mol. The lowest BCUT2D eigenvalue weighted by Crippen LogP contribution is -2.34. The van der Waals surface area contributed by atoms with Crippen molar-refractivity contribution in [1.82, 2.24) is 20.6 Å². The van der Waals surface area contributed by atoms with Gasteiger partial charge in [0.25, 0.3) is 5.91 Å². The number of alkyl halides is 3. The van der Waals surface area contributed by atoms with E-state index >= 15 is 0 Å². The minimum Gasteiger partial charge on any atom is -0.404 e. The molecule has 0 saturated heterocycles. The van der Waals surface area contributed by atoms with Gasteiger partial charge in [0.05, 0.1) is 10.6 Å². The fourth-order valence-electron chi connectivity index (χ4n) is 2.64. The molecular formula is C20H21ClF3N5O3. The van der Waals surface area contributed by atoms with E-state index < -0.39 is 18.0 Å². The molecule has 1 aromatic carbocycles. The first kappa shape index (κ1) is 24.9. The van der Waals surface area contributed by atoms with Crippen LogP contribution in [-0.4, -0.2) is 41.2 Å². The van der Waals surface area contributed by atoms with Gasteiger partial charge >= 0.3 is 6.36 Å². The maximum Gasteiger partial charge on any atom is 0.573 e. The molecule has 4 N–H and O–H groups in total. The molecule has 12 heteroatoms. The molecule has 2 rings (SSSR count). The summed E-state index contributed by atoms with van der Waals surface area (Å²) in [6.07, 6.45) is -2.12. The normalized spacial score (nSPS) is 11.8. The first-order valence-electron chi connectivity index (χ1n) is 9.31. The summed E-state index contributed by atoms with van der Waals surface area (Å²) in [6.45, 7) is 3.47. The van der Waals surface area contributed by atoms with E-state index in [0.717, 1.165) is 6.20 Å². The second-order valence-corrected chi connectivity index (χ2v) is 7.02. The topological polar surface area (TPSA) is 119 Å². The van der Waals surface area contributed by atoms with Gasteiger partial charge in [0, 0.05) is 44.5 Å². The summed E-state index contributed by atoms with van der Waals surface area (Å²) in [4.78, 5) is 31.6. The third kappa shape index (κ3) is 7.41. The van der Waals surface area contributed by atoms with E-state index in [1.807, 2.05) is 0 Å². The van der Waals surface area contributed by atoms with Crippen molar-refractivity contribution in [1.29, 1.82) is 0 Å². The average Bonchev–Trinajstić information content (AvgIpc) is 2.69. The van der Waals surface area contributed by atoms with Crippen molar-refractivity contribution in [3.63, 3.8) is 0 Å². The molecule has 0 aliphatic rings. The number of nitrogens with zero attached hydrogens (tertiary/aromatic N) is 2. The largest absolute Gasteiger partial charge is 0.573 e. The predicted octanol–water partition coefficient (Wildman–Crippen LogP) is 2.48. The first-order valence-corrected chi connectivity index (χ1v) is 9.69. The number of amides is 2. The van der Waals surface area contributed by atoms with Crippen LogP contribution in [-0.2, 0) is 16.0 Å². The minimum atomic E-state index is -4.86. The number of ether oxygens (including phenoxy) is 1. The highest BCUT2D eigenvalue weighted by Crippen LogP contribution is 2.31. The Morgan fingerprint density at radius 2 is 1.94 bits per heavy atom. The van der Waals surface area contributed by atoms with Crippen LogP contribution in [0.25, 0.3) is 5.57 Å². The van der Waals surface area contributed by atoms with Crippen molar-refractivity contribution in [2.45, 2.75) is 26.6 Å². The molecule has 0 atom stereocenters. The van der Waals surface area contributed by atoms with Gasteiger partial charge in [-0.15, -0.1) is 13.2 Å². The highest BCUT2D eigenvalue weighted by Gasteiger charge is 2.32. The number of benzene rings is 1. The number of aromatic nitrogens is 2. The number of carbonyl (C=O) groups is 2. The van der Waals surface area contributed by atoms with Crippen LogP contribution in [0.1, 0.15) is 29.6 Å². The van der Waals surface area contributed by atoms with Crippen molar-refractivity contribution in [2.24, 2.45) is 5.73 Å². The van der Waals surface area contributed by atoms with Crippen molar-refractivity contribution in [3.8, 4) is 5.75 Å². The SMILES string of the molecule is CC(=O)NCCNC(=O)/C(=C/N)c1ncc(Cc2ccc(Cl)c(OC(F)(F)F)c2)c(C)n1. The molecule has 1 aromatic heterocycles. The van der Waals surface area contributed by atoms with Crippen LogP contribution in [0.2, 0.25) is 5.02 Å². The molecule has 172 valence electrons. The molecule has 8 nitrogen and oxygen atoms in total. The maximum absolute atomic E-state index is 12.5. The van der Waals surface area contributed by atoms with E-state index in [1.165, 1.54) is 25.3 Å². The summed E-state index contributed by atoms with van der Waals surface area (Å²) in [5.41, 5.74) is 7.23. The second kappa shape index (κ2) is 10.8. The van der Waals surface area contributed by atoms with E-state index in [0.29, 0.717) is 16.8 Å². The number of hydrogen-bond donors (Lipinski definition) is 3. The molecule has 0 bridgehead atoms. The Labute approximate surface area is 187 Å². The summed E-state index contributed by atoms with van der Waals surface area (Å²) in [7, 11) is 0. The Hall–Kier alpha value is -3.34. The van der Waals surface area contributed by atoms with Crippen LogP contribution in [0.3, 0.4) is 0 Å². The summed E-state index contributed by atoms with van der Waals surface area (Å²) in [6, 6.07) is 4.06. The minimum absolute atomic E-state index is 0.0369. The molecule has 2 amide bonds. The molecule has 0 fully saturated rings. The van der Waals surface area contributed by atoms with Crippen LogP contribution in [0.4, 0.5) is 13.2 Å². The zero-order valence-corrected chi connectivity index (χ0v) is 18.0. The van der Waals surface area contributed by atoms with Gasteiger partial charge in [-0.05, 0) is 30.2 Å². The first-order chi connectivity index (χ1) is 15.0. The monoisotopic (exact) mass is 471 g/mol. The summed E-state index contributed by atoms with van der Waals surface area (Å²) in [5.74, 6) is -1.16. The molecule has 1 heterocycles. The quantitative estimate of drug-likeness (QED) is 0.402. The molecule has 0 unspecified atom stereocenters. The number of halogens is 4. The number of nitrogens with two attached hydrogens (primary N) is 1. The van der Waals surface area contributed by atoms with E-state index in [-0.39, 0.29) is 41.8 Å². The summed E-state index contributed by atoms with van der Waals surface area (Å²) in [5, 5.41) is 4.96. The lowest BCUT2D eigenvalue weighted by molar-refractivity contribution is -0.274. The van der Waals surface area contributed by atoms with E-state index in [1.54, 1.807) is 13.0 Å². The van der Waals surface area contributed by atoms with Crippen molar-refractivity contribution < 1.29 is 27.5 Å². The number of aryl methyl sites for hydroxylation is 1. The van der Waals surface area contributed by atoms with Gasteiger partial charge in [-0.1, -0.05) is 17.7 Å². The van der Waals surface area contributed by atoms with Crippen LogP contribution in [0.5, 0.6) is 5.75 Å². The molecule has 32 heavy (non-hydrogen) atoms. The van der Waals surface area contributed by atoms with Crippen molar-refractivity contribution >= 4 is 29.0 Å². The van der Waals surface area contributed by atoms with E-state index in [9.17, 15) is 22.8 Å².